The highest BCUT2D eigenvalue weighted by Crippen LogP contribution is 2.44. The van der Waals surface area contributed by atoms with Gasteiger partial charge in [0.1, 0.15) is 12.1 Å². The van der Waals surface area contributed by atoms with Crippen molar-refractivity contribution >= 4 is 11.4 Å². The van der Waals surface area contributed by atoms with Crippen LogP contribution in [-0.4, -0.2) is 14.1 Å². The molecule has 2 aromatic carbocycles. The van der Waals surface area contributed by atoms with E-state index in [1.54, 1.807) is 0 Å². The fourth-order valence-electron chi connectivity index (χ4n) is 3.86. The van der Waals surface area contributed by atoms with Crippen molar-refractivity contribution in [1.82, 2.24) is 0 Å². The lowest BCUT2D eigenvalue weighted by Gasteiger charge is -2.28. The molecule has 0 aromatic heterocycles. The lowest BCUT2D eigenvalue weighted by Crippen LogP contribution is -2.15. The van der Waals surface area contributed by atoms with Gasteiger partial charge < -0.3 is 10.6 Å². The Morgan fingerprint density at radius 3 is 2.28 bits per heavy atom. The van der Waals surface area contributed by atoms with Crippen molar-refractivity contribution in [2.75, 3.05) is 24.7 Å². The first kappa shape index (κ1) is 16.9. The van der Waals surface area contributed by atoms with Gasteiger partial charge in [-0.25, -0.2) is 0 Å². The highest BCUT2D eigenvalue weighted by atomic mass is 15.1. The van der Waals surface area contributed by atoms with E-state index in [9.17, 15) is 10.5 Å². The quantitative estimate of drug-likeness (QED) is 0.838. The van der Waals surface area contributed by atoms with Crippen LogP contribution in [0.1, 0.15) is 47.9 Å². The molecule has 1 atom stereocenters. The maximum atomic E-state index is 9.74. The number of nitrogen functional groups attached to an aromatic ring is 1. The predicted molar refractivity (Wildman–Crippen MR) is 101 cm³/mol. The van der Waals surface area contributed by atoms with Gasteiger partial charge in [-0.05, 0) is 54.0 Å². The number of hydrogen-bond acceptors (Lipinski definition) is 4. The zero-order valence-electron chi connectivity index (χ0n) is 14.9. The third-order valence-electron chi connectivity index (χ3n) is 5.14. The Bertz CT molecular complexity index is 896. The van der Waals surface area contributed by atoms with Crippen LogP contribution in [0.3, 0.4) is 0 Å². The summed E-state index contributed by atoms with van der Waals surface area (Å²) in [7, 11) is 4.00. The summed E-state index contributed by atoms with van der Waals surface area (Å²) in [5.41, 5.74) is 12.7. The van der Waals surface area contributed by atoms with Crippen LogP contribution in [0.2, 0.25) is 0 Å². The van der Waals surface area contributed by atoms with Gasteiger partial charge in [-0.3, -0.25) is 0 Å². The molecule has 0 aliphatic heterocycles. The molecule has 0 bridgehead atoms. The van der Waals surface area contributed by atoms with Crippen LogP contribution >= 0.6 is 0 Å². The average Bonchev–Trinajstić information content (AvgIpc) is 2.61. The second kappa shape index (κ2) is 6.49. The van der Waals surface area contributed by atoms with E-state index in [2.05, 4.69) is 19.1 Å². The Morgan fingerprint density at radius 1 is 1.08 bits per heavy atom. The van der Waals surface area contributed by atoms with E-state index in [1.807, 2.05) is 43.3 Å². The molecule has 25 heavy (non-hydrogen) atoms. The standard InChI is InChI=1S/C21H22N4/c1-13-5-4-6-16-19(13)17(11-22)21(24)18(12-23)20(16)14-7-9-15(10-8-14)25(2)3/h7-10,13H,4-6,24H2,1-3H3/t13-/m1/s1. The molecule has 1 aliphatic rings. The molecule has 4 nitrogen and oxygen atoms in total. The molecule has 0 saturated carbocycles. The molecule has 3 rings (SSSR count). The maximum Gasteiger partial charge on any atom is 0.102 e. The predicted octanol–water partition coefficient (Wildman–Crippen LogP) is 4.18. The number of benzene rings is 2. The molecule has 1 aliphatic carbocycles. The number of fused-ring (bicyclic) bond motifs is 1. The lowest BCUT2D eigenvalue weighted by molar-refractivity contribution is 0.590. The van der Waals surface area contributed by atoms with Gasteiger partial charge in [-0.1, -0.05) is 19.1 Å². The Morgan fingerprint density at radius 2 is 1.72 bits per heavy atom. The molecule has 126 valence electrons. The first-order valence-corrected chi connectivity index (χ1v) is 8.55. The number of hydrogen-bond donors (Lipinski definition) is 1. The van der Waals surface area contributed by atoms with E-state index in [1.165, 1.54) is 0 Å². The largest absolute Gasteiger partial charge is 0.397 e. The SMILES string of the molecule is C[C@@H]1CCCc2c(-c3ccc(N(C)C)cc3)c(C#N)c(N)c(C#N)c21. The van der Waals surface area contributed by atoms with Gasteiger partial charge in [0.25, 0.3) is 0 Å². The molecule has 2 N–H and O–H groups in total. The van der Waals surface area contributed by atoms with Gasteiger partial charge in [0, 0.05) is 25.3 Å². The van der Waals surface area contributed by atoms with E-state index in [0.29, 0.717) is 16.8 Å². The normalized spacial score (nSPS) is 15.8. The Balaban J connectivity index is 2.33. The second-order valence-corrected chi connectivity index (χ2v) is 6.89. The summed E-state index contributed by atoms with van der Waals surface area (Å²) in [5.74, 6) is 0.285. The van der Waals surface area contributed by atoms with E-state index < -0.39 is 0 Å². The van der Waals surface area contributed by atoms with E-state index >= 15 is 0 Å². The minimum atomic E-state index is 0.285. The third kappa shape index (κ3) is 2.71. The molecule has 2 aromatic rings. The molecule has 0 radical (unpaired) electrons. The fourth-order valence-corrected chi connectivity index (χ4v) is 3.86. The van der Waals surface area contributed by atoms with Gasteiger partial charge in [0.15, 0.2) is 0 Å². The number of anilines is 2. The Labute approximate surface area is 149 Å². The van der Waals surface area contributed by atoms with Gasteiger partial charge in [0.2, 0.25) is 0 Å². The molecule has 0 unspecified atom stereocenters. The highest BCUT2D eigenvalue weighted by molar-refractivity contribution is 5.86. The van der Waals surface area contributed by atoms with Crippen LogP contribution in [0.4, 0.5) is 11.4 Å². The van der Waals surface area contributed by atoms with E-state index in [0.717, 1.165) is 47.2 Å². The van der Waals surface area contributed by atoms with Crippen molar-refractivity contribution in [3.63, 3.8) is 0 Å². The van der Waals surface area contributed by atoms with Crippen molar-refractivity contribution in [3.05, 3.63) is 46.5 Å². The summed E-state index contributed by atoms with van der Waals surface area (Å²) in [6.07, 6.45) is 3.00. The van der Waals surface area contributed by atoms with Crippen molar-refractivity contribution in [1.29, 1.82) is 10.5 Å². The molecule has 0 heterocycles. The minimum Gasteiger partial charge on any atom is -0.397 e. The molecule has 0 amide bonds. The van der Waals surface area contributed by atoms with Gasteiger partial charge in [0.05, 0.1) is 16.8 Å². The smallest absolute Gasteiger partial charge is 0.102 e. The van der Waals surface area contributed by atoms with Crippen LogP contribution in [-0.2, 0) is 6.42 Å². The first-order chi connectivity index (χ1) is 12.0. The van der Waals surface area contributed by atoms with Gasteiger partial charge >= 0.3 is 0 Å². The summed E-state index contributed by atoms with van der Waals surface area (Å²) in [5, 5.41) is 19.4. The minimum absolute atomic E-state index is 0.285. The number of nitriles is 2. The Hall–Kier alpha value is -2.98. The Kier molecular flexibility index (Phi) is 4.38. The summed E-state index contributed by atoms with van der Waals surface area (Å²) in [6.45, 7) is 2.14. The monoisotopic (exact) mass is 330 g/mol. The zero-order valence-corrected chi connectivity index (χ0v) is 14.9. The van der Waals surface area contributed by atoms with Crippen molar-refractivity contribution < 1.29 is 0 Å². The maximum absolute atomic E-state index is 9.74. The second-order valence-electron chi connectivity index (χ2n) is 6.89. The summed E-state index contributed by atoms with van der Waals surface area (Å²) in [6, 6.07) is 12.7. The van der Waals surface area contributed by atoms with Crippen molar-refractivity contribution in [2.45, 2.75) is 32.1 Å². The highest BCUT2D eigenvalue weighted by Gasteiger charge is 2.28. The third-order valence-corrected chi connectivity index (χ3v) is 5.14. The molecular weight excluding hydrogens is 308 g/mol. The molecule has 0 saturated heterocycles. The van der Waals surface area contributed by atoms with E-state index in [4.69, 9.17) is 5.73 Å². The zero-order chi connectivity index (χ0) is 18.1. The van der Waals surface area contributed by atoms with Crippen LogP contribution in [0.5, 0.6) is 0 Å². The van der Waals surface area contributed by atoms with Gasteiger partial charge in [-0.15, -0.1) is 0 Å². The summed E-state index contributed by atoms with van der Waals surface area (Å²) < 4.78 is 0. The number of nitrogens with two attached hydrogens (primary N) is 1. The summed E-state index contributed by atoms with van der Waals surface area (Å²) >= 11 is 0. The van der Waals surface area contributed by atoms with Crippen LogP contribution < -0.4 is 10.6 Å². The fraction of sp³-hybridized carbons (Fsp3) is 0.333. The molecular formula is C21H22N4. The average molecular weight is 330 g/mol. The molecule has 0 fully saturated rings. The number of rotatable bonds is 2. The van der Waals surface area contributed by atoms with E-state index in [-0.39, 0.29) is 5.92 Å². The van der Waals surface area contributed by atoms with Gasteiger partial charge in [-0.2, -0.15) is 10.5 Å². The van der Waals surface area contributed by atoms with Crippen molar-refractivity contribution in [2.24, 2.45) is 0 Å². The summed E-state index contributed by atoms with van der Waals surface area (Å²) in [4.78, 5) is 2.04. The van der Waals surface area contributed by atoms with Crippen LogP contribution in [0, 0.1) is 22.7 Å². The number of nitrogens with zero attached hydrogens (tertiary/aromatic N) is 3. The van der Waals surface area contributed by atoms with Crippen LogP contribution in [0.25, 0.3) is 11.1 Å². The topological polar surface area (TPSA) is 76.8 Å². The lowest BCUT2D eigenvalue weighted by atomic mass is 9.75. The molecule has 4 heteroatoms. The molecule has 0 spiro atoms. The first-order valence-electron chi connectivity index (χ1n) is 8.55. The van der Waals surface area contributed by atoms with Crippen LogP contribution in [0.15, 0.2) is 24.3 Å². The van der Waals surface area contributed by atoms with Crippen molar-refractivity contribution in [3.8, 4) is 23.3 Å².